The average molecular weight is 294 g/mol. The van der Waals surface area contributed by atoms with Gasteiger partial charge in [-0.2, -0.15) is 5.10 Å². The highest BCUT2D eigenvalue weighted by molar-refractivity contribution is 6.04. The quantitative estimate of drug-likeness (QED) is 0.682. The Balaban J connectivity index is 2.07. The van der Waals surface area contributed by atoms with E-state index in [0.29, 0.717) is 17.9 Å². The lowest BCUT2D eigenvalue weighted by molar-refractivity contribution is 0.0603. The lowest BCUT2D eigenvalue weighted by Gasteiger charge is -2.04. The minimum atomic E-state index is -0.380. The van der Waals surface area contributed by atoms with Crippen molar-refractivity contribution in [3.05, 3.63) is 53.7 Å². The third kappa shape index (κ3) is 1.79. The smallest absolute Gasteiger partial charge is 0.342 e. The summed E-state index contributed by atoms with van der Waals surface area (Å²) in [4.78, 5) is 12.4. The molecule has 4 rings (SSSR count). The number of methoxy groups -OCH3 is 1. The van der Waals surface area contributed by atoms with Crippen molar-refractivity contribution in [3.63, 3.8) is 0 Å². The fraction of sp³-hybridized carbons (Fsp3) is 0.176. The van der Waals surface area contributed by atoms with E-state index in [2.05, 4.69) is 5.10 Å². The van der Waals surface area contributed by atoms with Crippen molar-refractivity contribution in [2.24, 2.45) is 0 Å². The number of carbonyl (C=O) groups is 1. The van der Waals surface area contributed by atoms with E-state index in [0.717, 1.165) is 28.8 Å². The second-order valence-corrected chi connectivity index (χ2v) is 5.13. The van der Waals surface area contributed by atoms with Gasteiger partial charge in [-0.15, -0.1) is 0 Å². The molecule has 22 heavy (non-hydrogen) atoms. The number of pyridine rings is 1. The maximum absolute atomic E-state index is 12.4. The number of aromatic nitrogens is 2. The second kappa shape index (κ2) is 4.87. The van der Waals surface area contributed by atoms with Gasteiger partial charge in [-0.1, -0.05) is 30.3 Å². The molecular weight excluding hydrogens is 280 g/mol. The molecule has 0 saturated carbocycles. The number of fused-ring (bicyclic) bond motifs is 3. The third-order valence-electron chi connectivity index (χ3n) is 3.91. The normalized spacial score (nSPS) is 13.0. The standard InChI is InChI=1S/C17H14N2O3/c1-21-17(20)14-15(11-5-3-2-4-6-11)18-19-9-7-13-12(16(14)19)8-10-22-13/h2-7,9H,8,10H2,1H3. The monoisotopic (exact) mass is 294 g/mol. The zero-order chi connectivity index (χ0) is 15.1. The molecule has 0 fully saturated rings. The van der Waals surface area contributed by atoms with Crippen molar-refractivity contribution < 1.29 is 14.3 Å². The molecule has 5 nitrogen and oxygen atoms in total. The zero-order valence-electron chi connectivity index (χ0n) is 12.1. The predicted octanol–water partition coefficient (Wildman–Crippen LogP) is 2.72. The summed E-state index contributed by atoms with van der Waals surface area (Å²) in [5, 5.41) is 4.59. The van der Waals surface area contributed by atoms with Crippen LogP contribution >= 0.6 is 0 Å². The molecule has 0 spiro atoms. The van der Waals surface area contributed by atoms with Crippen molar-refractivity contribution in [1.82, 2.24) is 9.61 Å². The molecule has 1 aliphatic heterocycles. The van der Waals surface area contributed by atoms with E-state index in [1.54, 1.807) is 4.52 Å². The molecule has 0 bridgehead atoms. The number of nitrogens with zero attached hydrogens (tertiary/aromatic N) is 2. The molecule has 0 N–H and O–H groups in total. The van der Waals surface area contributed by atoms with E-state index in [9.17, 15) is 4.79 Å². The molecule has 0 amide bonds. The molecule has 3 aromatic rings. The third-order valence-corrected chi connectivity index (χ3v) is 3.91. The Labute approximate surface area is 127 Å². The molecule has 2 aromatic heterocycles. The van der Waals surface area contributed by atoms with Crippen LogP contribution in [0.2, 0.25) is 0 Å². The van der Waals surface area contributed by atoms with Gasteiger partial charge in [0.2, 0.25) is 0 Å². The zero-order valence-corrected chi connectivity index (χ0v) is 12.1. The minimum absolute atomic E-state index is 0.380. The van der Waals surface area contributed by atoms with Gasteiger partial charge in [-0.25, -0.2) is 9.31 Å². The van der Waals surface area contributed by atoms with Crippen LogP contribution in [0.5, 0.6) is 5.75 Å². The van der Waals surface area contributed by atoms with E-state index >= 15 is 0 Å². The first kappa shape index (κ1) is 12.9. The summed E-state index contributed by atoms with van der Waals surface area (Å²) in [5.41, 5.74) is 3.81. The first-order valence-corrected chi connectivity index (χ1v) is 7.10. The van der Waals surface area contributed by atoms with Crippen LogP contribution in [0.3, 0.4) is 0 Å². The second-order valence-electron chi connectivity index (χ2n) is 5.13. The Morgan fingerprint density at radius 2 is 2.09 bits per heavy atom. The van der Waals surface area contributed by atoms with Crippen molar-refractivity contribution in [2.75, 3.05) is 13.7 Å². The maximum atomic E-state index is 12.4. The average Bonchev–Trinajstić information content (AvgIpc) is 3.18. The molecule has 1 aliphatic rings. The van der Waals surface area contributed by atoms with E-state index in [1.165, 1.54) is 7.11 Å². The van der Waals surface area contributed by atoms with Crippen LogP contribution in [0.15, 0.2) is 42.6 Å². The Kier molecular flexibility index (Phi) is 2.85. The lowest BCUT2D eigenvalue weighted by Crippen LogP contribution is -2.03. The van der Waals surface area contributed by atoms with Gasteiger partial charge in [-0.3, -0.25) is 0 Å². The molecule has 0 radical (unpaired) electrons. The summed E-state index contributed by atoms with van der Waals surface area (Å²) in [6.45, 7) is 0.626. The summed E-state index contributed by atoms with van der Waals surface area (Å²) in [6, 6.07) is 11.5. The summed E-state index contributed by atoms with van der Waals surface area (Å²) < 4.78 is 12.3. The first-order valence-electron chi connectivity index (χ1n) is 7.10. The minimum Gasteiger partial charge on any atom is -0.493 e. The molecule has 1 aromatic carbocycles. The van der Waals surface area contributed by atoms with E-state index < -0.39 is 0 Å². The highest BCUT2D eigenvalue weighted by Crippen LogP contribution is 2.35. The van der Waals surface area contributed by atoms with E-state index in [1.807, 2.05) is 42.6 Å². The Morgan fingerprint density at radius 3 is 2.86 bits per heavy atom. The van der Waals surface area contributed by atoms with Gasteiger partial charge >= 0.3 is 5.97 Å². The number of carbonyl (C=O) groups excluding carboxylic acids is 1. The fourth-order valence-corrected chi connectivity index (χ4v) is 2.92. The summed E-state index contributed by atoms with van der Waals surface area (Å²) >= 11 is 0. The highest BCUT2D eigenvalue weighted by atomic mass is 16.5. The predicted molar refractivity (Wildman–Crippen MR) is 81.2 cm³/mol. The Hall–Kier alpha value is -2.82. The van der Waals surface area contributed by atoms with Crippen LogP contribution < -0.4 is 4.74 Å². The van der Waals surface area contributed by atoms with Gasteiger partial charge in [0.25, 0.3) is 0 Å². The molecule has 110 valence electrons. The van der Waals surface area contributed by atoms with Crippen molar-refractivity contribution >= 4 is 11.5 Å². The maximum Gasteiger partial charge on any atom is 0.342 e. The molecule has 0 saturated heterocycles. The topological polar surface area (TPSA) is 52.8 Å². The van der Waals surface area contributed by atoms with Crippen LogP contribution in [0.4, 0.5) is 0 Å². The fourth-order valence-electron chi connectivity index (χ4n) is 2.92. The van der Waals surface area contributed by atoms with Crippen molar-refractivity contribution in [1.29, 1.82) is 0 Å². The number of esters is 1. The highest BCUT2D eigenvalue weighted by Gasteiger charge is 2.27. The van der Waals surface area contributed by atoms with Gasteiger partial charge in [-0.05, 0) is 6.07 Å². The number of hydrogen-bond acceptors (Lipinski definition) is 4. The largest absolute Gasteiger partial charge is 0.493 e. The molecule has 3 heterocycles. The molecule has 0 atom stereocenters. The summed E-state index contributed by atoms with van der Waals surface area (Å²) in [6.07, 6.45) is 2.59. The van der Waals surface area contributed by atoms with Crippen LogP contribution in [0.25, 0.3) is 16.8 Å². The molecular formula is C17H14N2O3. The van der Waals surface area contributed by atoms with Gasteiger partial charge in [0.05, 0.1) is 19.2 Å². The first-order chi connectivity index (χ1) is 10.8. The SMILES string of the molecule is COC(=O)c1c(-c2ccccc2)nn2ccc3c(c12)CCO3. The number of rotatable bonds is 2. The lowest BCUT2D eigenvalue weighted by atomic mass is 10.0. The number of ether oxygens (including phenoxy) is 2. The van der Waals surface area contributed by atoms with Crippen molar-refractivity contribution in [3.8, 4) is 17.0 Å². The molecule has 5 heteroatoms. The van der Waals surface area contributed by atoms with Gasteiger partial charge in [0.15, 0.2) is 0 Å². The summed E-state index contributed by atoms with van der Waals surface area (Å²) in [7, 11) is 1.39. The van der Waals surface area contributed by atoms with Gasteiger partial charge in [0.1, 0.15) is 17.0 Å². The van der Waals surface area contributed by atoms with Crippen LogP contribution in [-0.4, -0.2) is 29.3 Å². The van der Waals surface area contributed by atoms with Crippen LogP contribution in [0, 0.1) is 0 Å². The Morgan fingerprint density at radius 1 is 1.27 bits per heavy atom. The van der Waals surface area contributed by atoms with Crippen LogP contribution in [-0.2, 0) is 11.2 Å². The number of benzene rings is 1. The molecule has 0 aliphatic carbocycles. The van der Waals surface area contributed by atoms with Gasteiger partial charge in [0, 0.05) is 23.7 Å². The van der Waals surface area contributed by atoms with Gasteiger partial charge < -0.3 is 9.47 Å². The molecule has 0 unspecified atom stereocenters. The van der Waals surface area contributed by atoms with Crippen LogP contribution in [0.1, 0.15) is 15.9 Å². The Bertz CT molecular complexity index is 868. The van der Waals surface area contributed by atoms with E-state index in [-0.39, 0.29) is 5.97 Å². The van der Waals surface area contributed by atoms with Crippen molar-refractivity contribution in [2.45, 2.75) is 6.42 Å². The number of hydrogen-bond donors (Lipinski definition) is 0. The van der Waals surface area contributed by atoms with E-state index in [4.69, 9.17) is 9.47 Å². The summed E-state index contributed by atoms with van der Waals surface area (Å²) in [5.74, 6) is 0.436.